The lowest BCUT2D eigenvalue weighted by atomic mass is 10.2. The van der Waals surface area contributed by atoms with Crippen LogP contribution in [-0.2, 0) is 15.7 Å². The number of ether oxygens (including phenoxy) is 1. The van der Waals surface area contributed by atoms with Gasteiger partial charge in [0.1, 0.15) is 12.1 Å². The van der Waals surface area contributed by atoms with Crippen LogP contribution in [0.5, 0.6) is 0 Å². The van der Waals surface area contributed by atoms with Crippen LogP contribution in [0.3, 0.4) is 0 Å². The van der Waals surface area contributed by atoms with E-state index in [0.717, 1.165) is 24.3 Å². The summed E-state index contributed by atoms with van der Waals surface area (Å²) in [7, 11) is 0. The first-order valence-corrected chi connectivity index (χ1v) is 6.41. The van der Waals surface area contributed by atoms with Crippen LogP contribution < -0.4 is 10.6 Å². The maximum Gasteiger partial charge on any atom is 0.416 e. The molecule has 5 nitrogen and oxygen atoms in total. The van der Waals surface area contributed by atoms with Gasteiger partial charge in [-0.15, -0.1) is 0 Å². The molecule has 0 spiro atoms. The third-order valence-electron chi connectivity index (χ3n) is 2.28. The van der Waals surface area contributed by atoms with Gasteiger partial charge in [0.15, 0.2) is 0 Å². The minimum absolute atomic E-state index is 0.176. The molecule has 0 aliphatic heterocycles. The van der Waals surface area contributed by atoms with Gasteiger partial charge in [-0.2, -0.15) is 13.2 Å². The molecule has 2 N–H and O–H groups in total. The van der Waals surface area contributed by atoms with Crippen molar-refractivity contribution < 1.29 is 27.5 Å². The van der Waals surface area contributed by atoms with Crippen molar-refractivity contribution in [3.05, 3.63) is 29.8 Å². The number of esters is 1. The second-order valence-electron chi connectivity index (χ2n) is 5.47. The van der Waals surface area contributed by atoms with E-state index < -0.39 is 29.3 Å². The summed E-state index contributed by atoms with van der Waals surface area (Å²) in [4.78, 5) is 22.9. The molecule has 8 heteroatoms. The zero-order valence-electron chi connectivity index (χ0n) is 12.4. The molecule has 0 heterocycles. The van der Waals surface area contributed by atoms with Crippen molar-refractivity contribution in [2.24, 2.45) is 0 Å². The number of urea groups is 1. The van der Waals surface area contributed by atoms with Gasteiger partial charge in [-0.1, -0.05) is 0 Å². The van der Waals surface area contributed by atoms with Gasteiger partial charge in [0.25, 0.3) is 0 Å². The number of benzene rings is 1. The van der Waals surface area contributed by atoms with E-state index in [4.69, 9.17) is 4.74 Å². The highest BCUT2D eigenvalue weighted by molar-refractivity contribution is 5.91. The molecule has 0 aromatic heterocycles. The van der Waals surface area contributed by atoms with Crippen LogP contribution in [0.1, 0.15) is 26.3 Å². The van der Waals surface area contributed by atoms with Crippen LogP contribution in [0.2, 0.25) is 0 Å². The highest BCUT2D eigenvalue weighted by atomic mass is 19.4. The lowest BCUT2D eigenvalue weighted by Crippen LogP contribution is -2.36. The van der Waals surface area contributed by atoms with Crippen LogP contribution in [0.4, 0.5) is 23.7 Å². The maximum absolute atomic E-state index is 12.4. The van der Waals surface area contributed by atoms with E-state index in [9.17, 15) is 22.8 Å². The molecule has 122 valence electrons. The number of anilines is 1. The fourth-order valence-electron chi connectivity index (χ4n) is 1.45. The first kappa shape index (κ1) is 17.8. The number of nitrogens with one attached hydrogen (secondary N) is 2. The molecule has 0 bridgehead atoms. The standard InChI is InChI=1S/C14H17F3N2O3/c1-13(2,3)22-11(20)8-18-12(21)19-10-6-4-9(5-7-10)14(15,16)17/h4-7H,8H2,1-3H3,(H2,18,19,21). The van der Waals surface area contributed by atoms with Crippen molar-refractivity contribution in [2.45, 2.75) is 32.5 Å². The molecule has 22 heavy (non-hydrogen) atoms. The molecule has 2 amide bonds. The molecule has 0 unspecified atom stereocenters. The van der Waals surface area contributed by atoms with Crippen molar-refractivity contribution in [1.29, 1.82) is 0 Å². The first-order chi connectivity index (χ1) is 9.97. The zero-order chi connectivity index (χ0) is 17.0. The van der Waals surface area contributed by atoms with E-state index in [1.54, 1.807) is 20.8 Å². The molecule has 1 aromatic carbocycles. The molecule has 0 fully saturated rings. The summed E-state index contributed by atoms with van der Waals surface area (Å²) < 4.78 is 42.1. The summed E-state index contributed by atoms with van der Waals surface area (Å²) in [5.41, 5.74) is -1.30. The predicted octanol–water partition coefficient (Wildman–Crippen LogP) is 3.17. The molecule has 0 atom stereocenters. The van der Waals surface area contributed by atoms with E-state index >= 15 is 0 Å². The fraction of sp³-hybridized carbons (Fsp3) is 0.429. The Morgan fingerprint density at radius 2 is 1.64 bits per heavy atom. The fourth-order valence-corrected chi connectivity index (χ4v) is 1.45. The summed E-state index contributed by atoms with van der Waals surface area (Å²) in [5, 5.41) is 4.57. The van der Waals surface area contributed by atoms with Crippen LogP contribution in [0, 0.1) is 0 Å². The molecule has 1 rings (SSSR count). The second-order valence-corrected chi connectivity index (χ2v) is 5.47. The molecule has 0 aliphatic rings. The Kier molecular flexibility index (Phi) is 5.40. The Bertz CT molecular complexity index is 534. The van der Waals surface area contributed by atoms with Gasteiger partial charge in [0, 0.05) is 5.69 Å². The number of halogens is 3. The van der Waals surface area contributed by atoms with Crippen molar-refractivity contribution in [3.63, 3.8) is 0 Å². The van der Waals surface area contributed by atoms with Gasteiger partial charge in [-0.05, 0) is 45.0 Å². The van der Waals surface area contributed by atoms with Crippen LogP contribution in [0.25, 0.3) is 0 Å². The minimum Gasteiger partial charge on any atom is -0.459 e. The molecule has 0 saturated heterocycles. The second kappa shape index (κ2) is 6.67. The Morgan fingerprint density at radius 3 is 2.09 bits per heavy atom. The smallest absolute Gasteiger partial charge is 0.416 e. The van der Waals surface area contributed by atoms with Crippen LogP contribution in [-0.4, -0.2) is 24.1 Å². The summed E-state index contributed by atoms with van der Waals surface area (Å²) >= 11 is 0. The Hall–Kier alpha value is -2.25. The number of hydrogen-bond acceptors (Lipinski definition) is 3. The maximum atomic E-state index is 12.4. The minimum atomic E-state index is -4.43. The molecular formula is C14H17F3N2O3. The summed E-state index contributed by atoms with van der Waals surface area (Å²) in [5.74, 6) is -0.616. The molecule has 1 aromatic rings. The van der Waals surface area contributed by atoms with Gasteiger partial charge in [0.2, 0.25) is 0 Å². The zero-order valence-corrected chi connectivity index (χ0v) is 12.4. The predicted molar refractivity (Wildman–Crippen MR) is 74.3 cm³/mol. The van der Waals surface area contributed by atoms with Crippen molar-refractivity contribution in [1.82, 2.24) is 5.32 Å². The number of alkyl halides is 3. The topological polar surface area (TPSA) is 67.4 Å². The van der Waals surface area contributed by atoms with Gasteiger partial charge < -0.3 is 15.4 Å². The highest BCUT2D eigenvalue weighted by Gasteiger charge is 2.30. The largest absolute Gasteiger partial charge is 0.459 e. The van der Waals surface area contributed by atoms with Gasteiger partial charge in [-0.25, -0.2) is 4.79 Å². The number of rotatable bonds is 3. The molecule has 0 saturated carbocycles. The van der Waals surface area contributed by atoms with Gasteiger partial charge in [-0.3, -0.25) is 4.79 Å². The number of carbonyl (C=O) groups excluding carboxylic acids is 2. The lowest BCUT2D eigenvalue weighted by Gasteiger charge is -2.19. The quantitative estimate of drug-likeness (QED) is 0.841. The van der Waals surface area contributed by atoms with E-state index in [0.29, 0.717) is 0 Å². The highest BCUT2D eigenvalue weighted by Crippen LogP contribution is 2.29. The third kappa shape index (κ3) is 6.47. The van der Waals surface area contributed by atoms with E-state index in [2.05, 4.69) is 10.6 Å². The van der Waals surface area contributed by atoms with Crippen molar-refractivity contribution >= 4 is 17.7 Å². The van der Waals surface area contributed by atoms with Crippen molar-refractivity contribution in [2.75, 3.05) is 11.9 Å². The Morgan fingerprint density at radius 1 is 1.09 bits per heavy atom. The van der Waals surface area contributed by atoms with Gasteiger partial charge in [0.05, 0.1) is 5.56 Å². The monoisotopic (exact) mass is 318 g/mol. The average molecular weight is 318 g/mol. The SMILES string of the molecule is CC(C)(C)OC(=O)CNC(=O)Nc1ccc(C(F)(F)F)cc1. The van der Waals surface area contributed by atoms with Gasteiger partial charge >= 0.3 is 18.2 Å². The normalized spacial score (nSPS) is 11.7. The number of hydrogen-bond donors (Lipinski definition) is 2. The third-order valence-corrected chi connectivity index (χ3v) is 2.28. The van der Waals surface area contributed by atoms with Crippen LogP contribution >= 0.6 is 0 Å². The number of carbonyl (C=O) groups is 2. The first-order valence-electron chi connectivity index (χ1n) is 6.41. The summed E-state index contributed by atoms with van der Waals surface area (Å²) in [6.45, 7) is 4.72. The molecule has 0 radical (unpaired) electrons. The van der Waals surface area contributed by atoms with Crippen molar-refractivity contribution in [3.8, 4) is 0 Å². The van der Waals surface area contributed by atoms with Crippen LogP contribution in [0.15, 0.2) is 24.3 Å². The summed E-state index contributed by atoms with van der Waals surface area (Å²) in [6, 6.07) is 3.23. The number of amides is 2. The van der Waals surface area contributed by atoms with E-state index in [1.807, 2.05) is 0 Å². The Balaban J connectivity index is 2.47. The lowest BCUT2D eigenvalue weighted by molar-refractivity contribution is -0.153. The van der Waals surface area contributed by atoms with E-state index in [-0.39, 0.29) is 12.2 Å². The molecular weight excluding hydrogens is 301 g/mol. The summed E-state index contributed by atoms with van der Waals surface area (Å²) in [6.07, 6.45) is -4.43. The molecule has 0 aliphatic carbocycles. The van der Waals surface area contributed by atoms with E-state index in [1.165, 1.54) is 0 Å². The Labute approximate surface area is 125 Å². The average Bonchev–Trinajstić information content (AvgIpc) is 2.34.